The Hall–Kier alpha value is -1.89. The maximum absolute atomic E-state index is 12.9. The van der Waals surface area contributed by atoms with Crippen molar-refractivity contribution in [1.29, 1.82) is 0 Å². The lowest BCUT2D eigenvalue weighted by atomic mass is 10.0. The topological polar surface area (TPSA) is 27.3 Å². The van der Waals surface area contributed by atoms with E-state index in [-0.39, 0.29) is 0 Å². The highest BCUT2D eigenvalue weighted by Crippen LogP contribution is 2.41. The normalized spacial score (nSPS) is 24.8. The molecule has 4 rings (SSSR count). The van der Waals surface area contributed by atoms with Crippen molar-refractivity contribution in [2.24, 2.45) is 0 Å². The SMILES string of the molecule is CN[C@H]1CCN(CCN[C@H]2C[C@@H]2c2ccc(-c3cccc(C(F)(F)F)c3)cc2)C1. The third-order valence-electron chi connectivity index (χ3n) is 6.17. The first kappa shape index (κ1) is 20.4. The van der Waals surface area contributed by atoms with Gasteiger partial charge in [0.05, 0.1) is 5.56 Å². The summed E-state index contributed by atoms with van der Waals surface area (Å²) >= 11 is 0. The minimum atomic E-state index is -4.31. The van der Waals surface area contributed by atoms with Crippen LogP contribution in [0, 0.1) is 0 Å². The summed E-state index contributed by atoms with van der Waals surface area (Å²) in [6, 6.07) is 14.6. The number of rotatable bonds is 7. The molecular weight excluding hydrogens is 375 g/mol. The maximum atomic E-state index is 12.9. The second kappa shape index (κ2) is 8.46. The highest BCUT2D eigenvalue weighted by molar-refractivity contribution is 5.65. The van der Waals surface area contributed by atoms with Gasteiger partial charge in [-0.2, -0.15) is 13.2 Å². The van der Waals surface area contributed by atoms with Gasteiger partial charge in [-0.05, 0) is 55.3 Å². The molecule has 1 aliphatic heterocycles. The van der Waals surface area contributed by atoms with Crippen molar-refractivity contribution in [3.05, 3.63) is 59.7 Å². The van der Waals surface area contributed by atoms with Gasteiger partial charge in [0.25, 0.3) is 0 Å². The molecule has 1 heterocycles. The van der Waals surface area contributed by atoms with Gasteiger partial charge in [0, 0.05) is 37.6 Å². The summed E-state index contributed by atoms with van der Waals surface area (Å²) in [5, 5.41) is 6.99. The lowest BCUT2D eigenvalue weighted by molar-refractivity contribution is -0.137. The van der Waals surface area contributed by atoms with E-state index in [0.29, 0.717) is 23.6 Å². The summed E-state index contributed by atoms with van der Waals surface area (Å²) in [5.41, 5.74) is 2.07. The Kier molecular flexibility index (Phi) is 5.95. The van der Waals surface area contributed by atoms with Crippen LogP contribution in [-0.4, -0.2) is 50.2 Å². The van der Waals surface area contributed by atoms with Gasteiger partial charge in [0.1, 0.15) is 0 Å². The number of nitrogens with one attached hydrogen (secondary N) is 2. The monoisotopic (exact) mass is 403 g/mol. The minimum Gasteiger partial charge on any atom is -0.316 e. The summed E-state index contributed by atoms with van der Waals surface area (Å²) in [7, 11) is 2.03. The third-order valence-corrected chi connectivity index (χ3v) is 6.17. The van der Waals surface area contributed by atoms with Gasteiger partial charge in [0.2, 0.25) is 0 Å². The Bertz CT molecular complexity index is 819. The molecule has 1 aliphatic carbocycles. The molecule has 2 N–H and O–H groups in total. The maximum Gasteiger partial charge on any atom is 0.416 e. The lowest BCUT2D eigenvalue weighted by Gasteiger charge is -2.16. The Balaban J connectivity index is 1.28. The van der Waals surface area contributed by atoms with Crippen LogP contribution in [0.2, 0.25) is 0 Å². The van der Waals surface area contributed by atoms with Crippen LogP contribution < -0.4 is 10.6 Å². The molecule has 29 heavy (non-hydrogen) atoms. The zero-order chi connectivity index (χ0) is 20.4. The van der Waals surface area contributed by atoms with Crippen molar-refractivity contribution in [3.63, 3.8) is 0 Å². The quantitative estimate of drug-likeness (QED) is 0.729. The highest BCUT2D eigenvalue weighted by Gasteiger charge is 2.37. The molecule has 2 aliphatic rings. The van der Waals surface area contributed by atoms with Gasteiger partial charge in [-0.1, -0.05) is 36.4 Å². The number of benzene rings is 2. The molecule has 1 saturated carbocycles. The lowest BCUT2D eigenvalue weighted by Crippen LogP contribution is -2.34. The Morgan fingerprint density at radius 1 is 1.07 bits per heavy atom. The molecule has 2 aromatic carbocycles. The van der Waals surface area contributed by atoms with Crippen LogP contribution in [0.4, 0.5) is 13.2 Å². The molecule has 0 radical (unpaired) electrons. The van der Waals surface area contributed by atoms with Gasteiger partial charge in [0.15, 0.2) is 0 Å². The number of hydrogen-bond donors (Lipinski definition) is 2. The standard InChI is InChI=1S/C23H28F3N3/c1-27-20-9-11-29(15-20)12-10-28-22-14-21(22)17-7-5-16(6-8-17)18-3-2-4-19(13-18)23(24,25)26/h2-8,13,20-22,27-28H,9-12,14-15H2,1H3/t20-,21+,22-/m0/s1. The zero-order valence-electron chi connectivity index (χ0n) is 16.7. The van der Waals surface area contributed by atoms with Crippen LogP contribution in [-0.2, 0) is 6.18 Å². The fourth-order valence-corrected chi connectivity index (χ4v) is 4.27. The van der Waals surface area contributed by atoms with E-state index in [9.17, 15) is 13.2 Å². The molecule has 156 valence electrons. The summed E-state index contributed by atoms with van der Waals surface area (Å²) in [5.74, 6) is 0.509. The molecule has 0 bridgehead atoms. The van der Waals surface area contributed by atoms with Crippen LogP contribution >= 0.6 is 0 Å². The second-order valence-electron chi connectivity index (χ2n) is 8.18. The van der Waals surface area contributed by atoms with Crippen molar-refractivity contribution >= 4 is 0 Å². The van der Waals surface area contributed by atoms with E-state index in [1.807, 2.05) is 19.2 Å². The van der Waals surface area contributed by atoms with E-state index in [1.54, 1.807) is 6.07 Å². The molecule has 6 heteroatoms. The average molecular weight is 403 g/mol. The average Bonchev–Trinajstić information content (AvgIpc) is 3.34. The van der Waals surface area contributed by atoms with E-state index in [0.717, 1.165) is 44.2 Å². The number of alkyl halides is 3. The molecule has 0 amide bonds. The molecule has 0 aromatic heterocycles. The van der Waals surface area contributed by atoms with Gasteiger partial charge in [-0.25, -0.2) is 0 Å². The van der Waals surface area contributed by atoms with Crippen LogP contribution in [0.3, 0.4) is 0 Å². The fraction of sp³-hybridized carbons (Fsp3) is 0.478. The zero-order valence-corrected chi connectivity index (χ0v) is 16.7. The molecule has 2 aromatic rings. The second-order valence-corrected chi connectivity index (χ2v) is 8.18. The summed E-state index contributed by atoms with van der Waals surface area (Å²) in [4.78, 5) is 2.50. The summed E-state index contributed by atoms with van der Waals surface area (Å²) in [6.07, 6.45) is -1.96. The largest absolute Gasteiger partial charge is 0.416 e. The van der Waals surface area contributed by atoms with Gasteiger partial charge < -0.3 is 15.5 Å². The van der Waals surface area contributed by atoms with E-state index < -0.39 is 11.7 Å². The smallest absolute Gasteiger partial charge is 0.316 e. The van der Waals surface area contributed by atoms with Crippen LogP contribution in [0.5, 0.6) is 0 Å². The molecule has 0 unspecified atom stereocenters. The van der Waals surface area contributed by atoms with Crippen molar-refractivity contribution < 1.29 is 13.2 Å². The van der Waals surface area contributed by atoms with Crippen molar-refractivity contribution in [3.8, 4) is 11.1 Å². The van der Waals surface area contributed by atoms with Crippen LogP contribution in [0.25, 0.3) is 11.1 Å². The first-order chi connectivity index (χ1) is 13.9. The number of likely N-dealkylation sites (N-methyl/N-ethyl adjacent to an activating group) is 1. The Morgan fingerprint density at radius 3 is 2.55 bits per heavy atom. The molecular formula is C23H28F3N3. The molecule has 1 saturated heterocycles. The number of nitrogens with zero attached hydrogens (tertiary/aromatic N) is 1. The van der Waals surface area contributed by atoms with Gasteiger partial charge in [-0.15, -0.1) is 0 Å². The first-order valence-corrected chi connectivity index (χ1v) is 10.3. The van der Waals surface area contributed by atoms with Crippen LogP contribution in [0.1, 0.15) is 29.9 Å². The fourth-order valence-electron chi connectivity index (χ4n) is 4.27. The predicted molar refractivity (Wildman–Crippen MR) is 110 cm³/mol. The summed E-state index contributed by atoms with van der Waals surface area (Å²) < 4.78 is 38.8. The van der Waals surface area contributed by atoms with Crippen LogP contribution in [0.15, 0.2) is 48.5 Å². The van der Waals surface area contributed by atoms with E-state index in [4.69, 9.17) is 0 Å². The molecule has 2 fully saturated rings. The van der Waals surface area contributed by atoms with Crippen molar-refractivity contribution in [1.82, 2.24) is 15.5 Å². The van der Waals surface area contributed by atoms with E-state index >= 15 is 0 Å². The minimum absolute atomic E-state index is 0.509. The highest BCUT2D eigenvalue weighted by atomic mass is 19.4. The molecule has 3 nitrogen and oxygen atoms in total. The molecule has 3 atom stereocenters. The van der Waals surface area contributed by atoms with Gasteiger partial charge >= 0.3 is 6.18 Å². The number of hydrogen-bond acceptors (Lipinski definition) is 3. The molecule has 0 spiro atoms. The Morgan fingerprint density at radius 2 is 1.86 bits per heavy atom. The van der Waals surface area contributed by atoms with E-state index in [2.05, 4.69) is 27.7 Å². The third kappa shape index (κ3) is 5.00. The number of halogens is 3. The Labute approximate surface area is 170 Å². The predicted octanol–water partition coefficient (Wildman–Crippen LogP) is 4.11. The van der Waals surface area contributed by atoms with Crippen molar-refractivity contribution in [2.45, 2.75) is 37.0 Å². The van der Waals surface area contributed by atoms with Gasteiger partial charge in [-0.3, -0.25) is 0 Å². The number of likely N-dealkylation sites (tertiary alicyclic amines) is 1. The first-order valence-electron chi connectivity index (χ1n) is 10.3. The summed E-state index contributed by atoms with van der Waals surface area (Å²) in [6.45, 7) is 4.37. The van der Waals surface area contributed by atoms with E-state index in [1.165, 1.54) is 24.1 Å². The van der Waals surface area contributed by atoms with Crippen molar-refractivity contribution in [2.75, 3.05) is 33.2 Å².